The van der Waals surface area contributed by atoms with Crippen molar-refractivity contribution >= 4 is 15.9 Å². The maximum atomic E-state index is 5.68. The molecule has 1 heterocycles. The predicted octanol–water partition coefficient (Wildman–Crippen LogP) is 2.97. The van der Waals surface area contributed by atoms with Gasteiger partial charge in [-0.25, -0.2) is 0 Å². The van der Waals surface area contributed by atoms with Gasteiger partial charge in [0.25, 0.3) is 0 Å². The molecule has 0 radical (unpaired) electrons. The Hall–Kier alpha value is -0.740. The van der Waals surface area contributed by atoms with Gasteiger partial charge in [0, 0.05) is 11.2 Å². The summed E-state index contributed by atoms with van der Waals surface area (Å²) in [5, 5.41) is 0.900. The Balaban J connectivity index is 2.16. The molecule has 0 aliphatic carbocycles. The maximum Gasteiger partial charge on any atom is 0.160 e. The SMILES string of the molecule is COc1ccc(C2COC(CBr)C2)cc1OC. The van der Waals surface area contributed by atoms with Crippen LogP contribution in [-0.4, -0.2) is 32.3 Å². The molecule has 2 rings (SSSR count). The normalized spacial score (nSPS) is 23.7. The molecule has 1 aliphatic heterocycles. The van der Waals surface area contributed by atoms with Crippen molar-refractivity contribution in [2.75, 3.05) is 26.2 Å². The highest BCUT2D eigenvalue weighted by atomic mass is 79.9. The van der Waals surface area contributed by atoms with Crippen LogP contribution in [0.1, 0.15) is 17.9 Å². The molecule has 1 aliphatic rings. The lowest BCUT2D eigenvalue weighted by atomic mass is 9.96. The summed E-state index contributed by atoms with van der Waals surface area (Å²) in [6.45, 7) is 0.783. The fourth-order valence-corrected chi connectivity index (χ4v) is 2.60. The number of alkyl halides is 1. The summed E-state index contributed by atoms with van der Waals surface area (Å²) in [6.07, 6.45) is 1.38. The Labute approximate surface area is 110 Å². The van der Waals surface area contributed by atoms with Crippen LogP contribution in [0.4, 0.5) is 0 Å². The first-order chi connectivity index (χ1) is 8.28. The summed E-state index contributed by atoms with van der Waals surface area (Å²) in [5.74, 6) is 2.01. The smallest absolute Gasteiger partial charge is 0.160 e. The minimum atomic E-state index is 0.327. The second kappa shape index (κ2) is 5.74. The zero-order valence-corrected chi connectivity index (χ0v) is 11.7. The fraction of sp³-hybridized carbons (Fsp3) is 0.538. The quantitative estimate of drug-likeness (QED) is 0.800. The minimum absolute atomic E-state index is 0.327. The van der Waals surface area contributed by atoms with Crippen molar-refractivity contribution in [3.63, 3.8) is 0 Å². The predicted molar refractivity (Wildman–Crippen MR) is 70.4 cm³/mol. The number of halogens is 1. The zero-order chi connectivity index (χ0) is 12.3. The molecule has 0 bridgehead atoms. The number of ether oxygens (including phenoxy) is 3. The first-order valence-electron chi connectivity index (χ1n) is 5.68. The molecule has 2 unspecified atom stereocenters. The van der Waals surface area contributed by atoms with Gasteiger partial charge in [-0.15, -0.1) is 0 Å². The van der Waals surface area contributed by atoms with Gasteiger partial charge in [-0.05, 0) is 24.1 Å². The molecule has 0 aromatic heterocycles. The van der Waals surface area contributed by atoms with Crippen LogP contribution in [0.3, 0.4) is 0 Å². The first kappa shape index (κ1) is 12.7. The average Bonchev–Trinajstić information content (AvgIpc) is 2.86. The van der Waals surface area contributed by atoms with Crippen LogP contribution < -0.4 is 9.47 Å². The highest BCUT2D eigenvalue weighted by molar-refractivity contribution is 9.09. The van der Waals surface area contributed by atoms with Crippen molar-refractivity contribution in [1.29, 1.82) is 0 Å². The number of methoxy groups -OCH3 is 2. The summed E-state index contributed by atoms with van der Waals surface area (Å²) >= 11 is 3.46. The topological polar surface area (TPSA) is 27.7 Å². The molecule has 0 amide bonds. The molecule has 0 saturated carbocycles. The van der Waals surface area contributed by atoms with Crippen LogP contribution in [0.15, 0.2) is 18.2 Å². The van der Waals surface area contributed by atoms with Gasteiger partial charge >= 0.3 is 0 Å². The van der Waals surface area contributed by atoms with E-state index in [1.165, 1.54) is 5.56 Å². The van der Waals surface area contributed by atoms with E-state index in [1.807, 2.05) is 12.1 Å². The molecule has 3 nitrogen and oxygen atoms in total. The molecule has 0 N–H and O–H groups in total. The van der Waals surface area contributed by atoms with Crippen LogP contribution in [0, 0.1) is 0 Å². The molecule has 94 valence electrons. The molecular weight excluding hydrogens is 284 g/mol. The van der Waals surface area contributed by atoms with Crippen molar-refractivity contribution in [1.82, 2.24) is 0 Å². The summed E-state index contributed by atoms with van der Waals surface area (Å²) in [7, 11) is 3.31. The Morgan fingerprint density at radius 3 is 2.65 bits per heavy atom. The van der Waals surface area contributed by atoms with E-state index in [0.717, 1.165) is 29.9 Å². The first-order valence-corrected chi connectivity index (χ1v) is 6.80. The monoisotopic (exact) mass is 300 g/mol. The Morgan fingerprint density at radius 2 is 2.06 bits per heavy atom. The zero-order valence-electron chi connectivity index (χ0n) is 10.1. The third-order valence-electron chi connectivity index (χ3n) is 3.13. The lowest BCUT2D eigenvalue weighted by molar-refractivity contribution is 0.127. The molecule has 1 aromatic carbocycles. The molecule has 1 saturated heterocycles. The summed E-state index contributed by atoms with van der Waals surface area (Å²) < 4.78 is 16.2. The van der Waals surface area contributed by atoms with Crippen LogP contribution in [0.2, 0.25) is 0 Å². The largest absolute Gasteiger partial charge is 0.493 e. The molecule has 17 heavy (non-hydrogen) atoms. The highest BCUT2D eigenvalue weighted by Gasteiger charge is 2.26. The number of rotatable bonds is 4. The number of hydrogen-bond acceptors (Lipinski definition) is 3. The highest BCUT2D eigenvalue weighted by Crippen LogP contribution is 2.35. The van der Waals surface area contributed by atoms with E-state index in [2.05, 4.69) is 22.0 Å². The van der Waals surface area contributed by atoms with Gasteiger partial charge in [-0.2, -0.15) is 0 Å². The van der Waals surface area contributed by atoms with Gasteiger partial charge in [0.15, 0.2) is 11.5 Å². The van der Waals surface area contributed by atoms with E-state index < -0.39 is 0 Å². The van der Waals surface area contributed by atoms with Gasteiger partial charge in [0.05, 0.1) is 26.9 Å². The van der Waals surface area contributed by atoms with E-state index in [4.69, 9.17) is 14.2 Å². The van der Waals surface area contributed by atoms with Crippen LogP contribution in [-0.2, 0) is 4.74 Å². The Bertz CT molecular complexity index is 381. The number of hydrogen-bond donors (Lipinski definition) is 0. The van der Waals surface area contributed by atoms with Crippen LogP contribution >= 0.6 is 15.9 Å². The summed E-state index contributed by atoms with van der Waals surface area (Å²) in [4.78, 5) is 0. The third kappa shape index (κ3) is 2.75. The van der Waals surface area contributed by atoms with Crippen LogP contribution in [0.25, 0.3) is 0 Å². The van der Waals surface area contributed by atoms with E-state index in [0.29, 0.717) is 12.0 Å². The molecule has 1 aromatic rings. The maximum absolute atomic E-state index is 5.68. The fourth-order valence-electron chi connectivity index (χ4n) is 2.15. The van der Waals surface area contributed by atoms with Crippen molar-refractivity contribution in [2.24, 2.45) is 0 Å². The number of benzene rings is 1. The molecule has 0 spiro atoms. The summed E-state index contributed by atoms with van der Waals surface area (Å²) in [6, 6.07) is 6.09. The lowest BCUT2D eigenvalue weighted by Gasteiger charge is -2.12. The second-order valence-electron chi connectivity index (χ2n) is 4.16. The van der Waals surface area contributed by atoms with E-state index >= 15 is 0 Å². The van der Waals surface area contributed by atoms with E-state index in [1.54, 1.807) is 14.2 Å². The second-order valence-corrected chi connectivity index (χ2v) is 4.80. The van der Waals surface area contributed by atoms with E-state index in [9.17, 15) is 0 Å². The van der Waals surface area contributed by atoms with Gasteiger partial charge < -0.3 is 14.2 Å². The molecule has 2 atom stereocenters. The Kier molecular flexibility index (Phi) is 4.29. The van der Waals surface area contributed by atoms with E-state index in [-0.39, 0.29) is 0 Å². The van der Waals surface area contributed by atoms with Crippen molar-refractivity contribution in [3.8, 4) is 11.5 Å². The average molecular weight is 301 g/mol. The summed E-state index contributed by atoms with van der Waals surface area (Å²) in [5.41, 5.74) is 1.26. The standard InChI is InChI=1S/C13H17BrO3/c1-15-12-4-3-9(6-13(12)16-2)10-5-11(7-14)17-8-10/h3-4,6,10-11H,5,7-8H2,1-2H3. The minimum Gasteiger partial charge on any atom is -0.493 e. The van der Waals surface area contributed by atoms with Crippen molar-refractivity contribution < 1.29 is 14.2 Å². The van der Waals surface area contributed by atoms with Gasteiger partial charge in [0.2, 0.25) is 0 Å². The van der Waals surface area contributed by atoms with Gasteiger partial charge in [0.1, 0.15) is 0 Å². The molecular formula is C13H17BrO3. The van der Waals surface area contributed by atoms with Crippen molar-refractivity contribution in [3.05, 3.63) is 23.8 Å². The molecule has 4 heteroatoms. The van der Waals surface area contributed by atoms with Gasteiger partial charge in [-0.3, -0.25) is 0 Å². The van der Waals surface area contributed by atoms with Crippen molar-refractivity contribution in [2.45, 2.75) is 18.4 Å². The third-order valence-corrected chi connectivity index (χ3v) is 3.85. The lowest BCUT2D eigenvalue weighted by Crippen LogP contribution is -2.05. The Morgan fingerprint density at radius 1 is 1.29 bits per heavy atom. The molecule has 1 fully saturated rings. The van der Waals surface area contributed by atoms with Crippen LogP contribution in [0.5, 0.6) is 11.5 Å². The van der Waals surface area contributed by atoms with Gasteiger partial charge in [-0.1, -0.05) is 22.0 Å².